The molecule has 2 heterocycles. The normalized spacial score (nSPS) is 10.3. The Kier molecular flexibility index (Phi) is 3.65. The van der Waals surface area contributed by atoms with Gasteiger partial charge < -0.3 is 15.3 Å². The zero-order valence-corrected chi connectivity index (χ0v) is 9.98. The maximum absolute atomic E-state index is 11.2. The molecule has 0 bridgehead atoms. The van der Waals surface area contributed by atoms with Gasteiger partial charge in [0, 0.05) is 7.05 Å². The van der Waals surface area contributed by atoms with E-state index in [1.165, 1.54) is 10.9 Å². The first kappa shape index (κ1) is 12.2. The molecule has 2 rings (SSSR count). The van der Waals surface area contributed by atoms with E-state index in [9.17, 15) is 4.79 Å². The lowest BCUT2D eigenvalue weighted by molar-refractivity contribution is 0.737. The second-order valence-corrected chi connectivity index (χ2v) is 4.16. The Balaban J connectivity index is 0.000000280. The van der Waals surface area contributed by atoms with Gasteiger partial charge in [0.15, 0.2) is 11.2 Å². The highest BCUT2D eigenvalue weighted by molar-refractivity contribution is 5.72. The Hall–Kier alpha value is -1.85. The molecule has 2 aromatic rings. The average molecular weight is 223 g/mol. The predicted octanol–water partition coefficient (Wildman–Crippen LogP) is 0.901. The number of imidazole rings is 1. The smallest absolute Gasteiger partial charge is 0.277 e. The molecule has 0 amide bonds. The summed E-state index contributed by atoms with van der Waals surface area (Å²) in [4.78, 5) is 21.4. The van der Waals surface area contributed by atoms with Crippen LogP contribution in [0.4, 0.5) is 5.95 Å². The van der Waals surface area contributed by atoms with E-state index in [0.29, 0.717) is 11.2 Å². The Labute approximate surface area is 93.5 Å². The molecule has 0 fully saturated rings. The summed E-state index contributed by atoms with van der Waals surface area (Å²) in [6.45, 7) is 6.50. The summed E-state index contributed by atoms with van der Waals surface area (Å²) in [5.41, 5.74) is 6.02. The van der Waals surface area contributed by atoms with Gasteiger partial charge in [0.05, 0.1) is 6.33 Å². The van der Waals surface area contributed by atoms with E-state index in [1.807, 2.05) is 0 Å². The summed E-state index contributed by atoms with van der Waals surface area (Å²) in [7, 11) is 1.67. The van der Waals surface area contributed by atoms with Crippen LogP contribution in [0.25, 0.3) is 11.2 Å². The second-order valence-electron chi connectivity index (χ2n) is 4.16. The molecule has 0 radical (unpaired) electrons. The average Bonchev–Trinajstić information content (AvgIpc) is 2.43. The van der Waals surface area contributed by atoms with Crippen LogP contribution < -0.4 is 11.3 Å². The molecule has 88 valence electrons. The summed E-state index contributed by atoms with van der Waals surface area (Å²) >= 11 is 0. The molecule has 3 N–H and O–H groups in total. The lowest BCUT2D eigenvalue weighted by atomic mass is 10.3. The van der Waals surface area contributed by atoms with Crippen molar-refractivity contribution >= 4 is 17.1 Å². The summed E-state index contributed by atoms with van der Waals surface area (Å²) in [6, 6.07) is 0. The Morgan fingerprint density at radius 3 is 2.50 bits per heavy atom. The molecule has 0 aliphatic rings. The number of hydrogen-bond acceptors (Lipinski definition) is 4. The van der Waals surface area contributed by atoms with Crippen LogP contribution in [-0.2, 0) is 7.05 Å². The zero-order chi connectivity index (χ0) is 12.3. The number of nitrogen functional groups attached to an aromatic ring is 1. The van der Waals surface area contributed by atoms with E-state index < -0.39 is 0 Å². The Bertz CT molecular complexity index is 523. The number of anilines is 1. The molecule has 2 aromatic heterocycles. The van der Waals surface area contributed by atoms with E-state index in [-0.39, 0.29) is 11.5 Å². The van der Waals surface area contributed by atoms with Gasteiger partial charge >= 0.3 is 0 Å². The van der Waals surface area contributed by atoms with Crippen molar-refractivity contribution in [3.05, 3.63) is 16.7 Å². The highest BCUT2D eigenvalue weighted by atomic mass is 16.1. The number of nitrogens with two attached hydrogens (primary N) is 1. The van der Waals surface area contributed by atoms with Crippen LogP contribution in [0.15, 0.2) is 11.1 Å². The molecule has 0 spiro atoms. The van der Waals surface area contributed by atoms with Crippen LogP contribution in [0.5, 0.6) is 0 Å². The van der Waals surface area contributed by atoms with Gasteiger partial charge in [-0.25, -0.2) is 4.98 Å². The fourth-order valence-corrected chi connectivity index (χ4v) is 1.07. The number of rotatable bonds is 0. The lowest BCUT2D eigenvalue weighted by Gasteiger charge is -1.92. The van der Waals surface area contributed by atoms with Crippen LogP contribution in [0.1, 0.15) is 20.8 Å². The van der Waals surface area contributed by atoms with Crippen molar-refractivity contribution in [1.82, 2.24) is 19.5 Å². The number of nitrogens with one attached hydrogen (secondary N) is 1. The quantitative estimate of drug-likeness (QED) is 0.694. The molecule has 0 saturated carbocycles. The van der Waals surface area contributed by atoms with Crippen molar-refractivity contribution in [3.8, 4) is 0 Å². The monoisotopic (exact) mass is 223 g/mol. The molecule has 16 heavy (non-hydrogen) atoms. The van der Waals surface area contributed by atoms with Crippen LogP contribution in [-0.4, -0.2) is 19.5 Å². The van der Waals surface area contributed by atoms with Gasteiger partial charge in [0.25, 0.3) is 5.56 Å². The minimum Gasteiger partial charge on any atom is -0.369 e. The van der Waals surface area contributed by atoms with Crippen molar-refractivity contribution < 1.29 is 0 Å². The summed E-state index contributed by atoms with van der Waals surface area (Å²) in [5.74, 6) is 1.12. The lowest BCUT2D eigenvalue weighted by Crippen LogP contribution is -2.09. The van der Waals surface area contributed by atoms with Gasteiger partial charge in [-0.15, -0.1) is 0 Å². The third kappa shape index (κ3) is 2.59. The molecule has 0 aliphatic carbocycles. The summed E-state index contributed by atoms with van der Waals surface area (Å²) < 4.78 is 1.50. The summed E-state index contributed by atoms with van der Waals surface area (Å²) in [6.07, 6.45) is 1.30. The minimum absolute atomic E-state index is 0.230. The Morgan fingerprint density at radius 1 is 1.44 bits per heavy atom. The van der Waals surface area contributed by atoms with Crippen LogP contribution >= 0.6 is 0 Å². The van der Waals surface area contributed by atoms with Gasteiger partial charge in [-0.1, -0.05) is 20.8 Å². The van der Waals surface area contributed by atoms with Gasteiger partial charge in [0.1, 0.15) is 0 Å². The minimum atomic E-state index is -0.230. The fourth-order valence-electron chi connectivity index (χ4n) is 1.07. The standard InChI is InChI=1S/C6H7N5O.C4H10/c1-11-3-4(10-6(11)7)8-2-9-5(3)12;1-4(2)3/h2H,1H3,(H3,7,8,9,10,12);4H,1-3H3. The fraction of sp³-hybridized carbons (Fsp3) is 0.500. The third-order valence-corrected chi connectivity index (χ3v) is 1.71. The number of fused-ring (bicyclic) bond motifs is 1. The first-order valence-corrected chi connectivity index (χ1v) is 5.09. The molecule has 0 unspecified atom stereocenters. The number of aryl methyl sites for hydroxylation is 1. The maximum atomic E-state index is 11.2. The van der Waals surface area contributed by atoms with E-state index >= 15 is 0 Å². The number of nitrogens with zero attached hydrogens (tertiary/aromatic N) is 3. The summed E-state index contributed by atoms with van der Waals surface area (Å²) in [5, 5.41) is 0. The number of hydrogen-bond donors (Lipinski definition) is 2. The number of aromatic nitrogens is 4. The molecule has 0 atom stereocenters. The van der Waals surface area contributed by atoms with Gasteiger partial charge in [0.2, 0.25) is 5.95 Å². The molecule has 0 aromatic carbocycles. The van der Waals surface area contributed by atoms with Crippen molar-refractivity contribution in [2.24, 2.45) is 13.0 Å². The van der Waals surface area contributed by atoms with Crippen LogP contribution in [0.3, 0.4) is 0 Å². The topological polar surface area (TPSA) is 89.6 Å². The highest BCUT2D eigenvalue weighted by Crippen LogP contribution is 2.07. The molecular weight excluding hydrogens is 206 g/mol. The molecular formula is C10H17N5O. The van der Waals surface area contributed by atoms with Crippen LogP contribution in [0.2, 0.25) is 0 Å². The highest BCUT2D eigenvalue weighted by Gasteiger charge is 2.07. The van der Waals surface area contributed by atoms with Crippen LogP contribution in [0, 0.1) is 5.92 Å². The molecule has 6 nitrogen and oxygen atoms in total. The maximum Gasteiger partial charge on any atom is 0.277 e. The molecule has 6 heteroatoms. The molecule has 0 saturated heterocycles. The Morgan fingerprint density at radius 2 is 2.00 bits per heavy atom. The number of aromatic amines is 1. The van der Waals surface area contributed by atoms with E-state index in [0.717, 1.165) is 5.92 Å². The molecule has 0 aliphatic heterocycles. The predicted molar refractivity (Wildman–Crippen MR) is 64.1 cm³/mol. The van der Waals surface area contributed by atoms with Gasteiger partial charge in [-0.3, -0.25) is 4.79 Å². The third-order valence-electron chi connectivity index (χ3n) is 1.71. The zero-order valence-electron chi connectivity index (χ0n) is 9.98. The van der Waals surface area contributed by atoms with Crippen molar-refractivity contribution in [3.63, 3.8) is 0 Å². The van der Waals surface area contributed by atoms with E-state index in [4.69, 9.17) is 5.73 Å². The van der Waals surface area contributed by atoms with Crippen molar-refractivity contribution in [2.45, 2.75) is 20.8 Å². The second kappa shape index (κ2) is 4.78. The van der Waals surface area contributed by atoms with Gasteiger partial charge in [-0.05, 0) is 5.92 Å². The van der Waals surface area contributed by atoms with Crippen molar-refractivity contribution in [2.75, 3.05) is 5.73 Å². The largest absolute Gasteiger partial charge is 0.369 e. The van der Waals surface area contributed by atoms with Crippen molar-refractivity contribution in [1.29, 1.82) is 0 Å². The SMILES string of the molecule is CC(C)C.Cn1c(N)nc2nc[nH]c(=O)c21. The van der Waals surface area contributed by atoms with E-state index in [1.54, 1.807) is 7.05 Å². The number of H-pyrrole nitrogens is 1. The van der Waals surface area contributed by atoms with E-state index in [2.05, 4.69) is 35.7 Å². The van der Waals surface area contributed by atoms with Gasteiger partial charge in [-0.2, -0.15) is 4.98 Å². The first-order valence-electron chi connectivity index (χ1n) is 5.09. The first-order chi connectivity index (χ1) is 7.43.